The van der Waals surface area contributed by atoms with Crippen LogP contribution in [0.5, 0.6) is 0 Å². The molecule has 0 bridgehead atoms. The van der Waals surface area contributed by atoms with Gasteiger partial charge in [-0.05, 0) is 18.8 Å². The van der Waals surface area contributed by atoms with Crippen molar-refractivity contribution < 1.29 is 14.3 Å². The van der Waals surface area contributed by atoms with Crippen LogP contribution in [0.25, 0.3) is 0 Å². The number of carbonyl (C=O) groups is 1. The molecule has 0 aliphatic heterocycles. The average molecular weight is 272 g/mol. The number of carbonyl (C=O) groups excluding carboxylic acids is 1. The molecule has 2 atom stereocenters. The molecule has 112 valence electrons. The molecular formula is C14H28N2O3. The minimum absolute atomic E-state index is 0.0106. The summed E-state index contributed by atoms with van der Waals surface area (Å²) in [6.07, 6.45) is 5.40. The maximum absolute atomic E-state index is 11.5. The zero-order valence-electron chi connectivity index (χ0n) is 12.2. The van der Waals surface area contributed by atoms with E-state index in [0.29, 0.717) is 44.9 Å². The third kappa shape index (κ3) is 7.50. The Hall–Kier alpha value is -0.650. The highest BCUT2D eigenvalue weighted by Gasteiger charge is 2.21. The van der Waals surface area contributed by atoms with Crippen LogP contribution >= 0.6 is 0 Å². The lowest BCUT2D eigenvalue weighted by Crippen LogP contribution is -2.37. The van der Waals surface area contributed by atoms with E-state index in [0.717, 1.165) is 6.42 Å². The summed E-state index contributed by atoms with van der Waals surface area (Å²) in [5, 5.41) is 5.85. The van der Waals surface area contributed by atoms with Crippen molar-refractivity contribution in [1.82, 2.24) is 10.6 Å². The Morgan fingerprint density at radius 2 is 2.00 bits per heavy atom. The minimum atomic E-state index is 0.0106. The first-order chi connectivity index (χ1) is 9.24. The standard InChI is InChI=1S/C14H28N2O3/c1-12-5-3-4-6-13(12)19-10-8-16-14(17)11-15-7-9-18-2/h12-13,15H,3-11H2,1-2H3,(H,16,17). The van der Waals surface area contributed by atoms with E-state index in [1.165, 1.54) is 19.3 Å². The Labute approximate surface area is 116 Å². The molecule has 2 N–H and O–H groups in total. The molecule has 5 heteroatoms. The first-order valence-corrected chi connectivity index (χ1v) is 7.32. The molecule has 0 heterocycles. The zero-order valence-corrected chi connectivity index (χ0v) is 12.2. The van der Waals surface area contributed by atoms with Crippen molar-refractivity contribution in [2.75, 3.05) is 40.0 Å². The van der Waals surface area contributed by atoms with Gasteiger partial charge in [0.25, 0.3) is 0 Å². The fourth-order valence-corrected chi connectivity index (χ4v) is 2.37. The van der Waals surface area contributed by atoms with E-state index in [-0.39, 0.29) is 5.91 Å². The lowest BCUT2D eigenvalue weighted by atomic mass is 9.88. The van der Waals surface area contributed by atoms with Crippen molar-refractivity contribution in [3.63, 3.8) is 0 Å². The number of ether oxygens (including phenoxy) is 2. The summed E-state index contributed by atoms with van der Waals surface area (Å²) in [4.78, 5) is 11.5. The largest absolute Gasteiger partial charge is 0.383 e. The van der Waals surface area contributed by atoms with Gasteiger partial charge in [-0.2, -0.15) is 0 Å². The molecule has 19 heavy (non-hydrogen) atoms. The number of hydrogen-bond acceptors (Lipinski definition) is 4. The van der Waals surface area contributed by atoms with Gasteiger partial charge in [-0.3, -0.25) is 4.79 Å². The van der Waals surface area contributed by atoms with Crippen molar-refractivity contribution in [3.8, 4) is 0 Å². The molecule has 0 aromatic heterocycles. The minimum Gasteiger partial charge on any atom is -0.383 e. The van der Waals surface area contributed by atoms with Gasteiger partial charge in [0.05, 0.1) is 25.9 Å². The smallest absolute Gasteiger partial charge is 0.234 e. The first kappa shape index (κ1) is 16.4. The summed E-state index contributed by atoms with van der Waals surface area (Å²) in [5.74, 6) is 0.663. The van der Waals surface area contributed by atoms with Gasteiger partial charge >= 0.3 is 0 Å². The van der Waals surface area contributed by atoms with Gasteiger partial charge in [-0.25, -0.2) is 0 Å². The normalized spacial score (nSPS) is 23.3. The number of hydrogen-bond donors (Lipinski definition) is 2. The molecule has 0 aromatic rings. The highest BCUT2D eigenvalue weighted by atomic mass is 16.5. The number of amides is 1. The van der Waals surface area contributed by atoms with Crippen LogP contribution in [-0.4, -0.2) is 52.0 Å². The van der Waals surface area contributed by atoms with E-state index in [4.69, 9.17) is 9.47 Å². The third-order valence-electron chi connectivity index (χ3n) is 3.56. The highest BCUT2D eigenvalue weighted by molar-refractivity contribution is 5.77. The van der Waals surface area contributed by atoms with Gasteiger partial charge in [0.15, 0.2) is 0 Å². The SMILES string of the molecule is COCCNCC(=O)NCCOC1CCCCC1C. The quantitative estimate of drug-likeness (QED) is 0.613. The maximum atomic E-state index is 11.5. The van der Waals surface area contributed by atoms with Crippen LogP contribution in [0.3, 0.4) is 0 Å². The molecule has 2 unspecified atom stereocenters. The Kier molecular flexibility index (Phi) is 8.79. The topological polar surface area (TPSA) is 59.6 Å². The Morgan fingerprint density at radius 3 is 2.74 bits per heavy atom. The molecule has 1 amide bonds. The molecule has 5 nitrogen and oxygen atoms in total. The monoisotopic (exact) mass is 272 g/mol. The van der Waals surface area contributed by atoms with Gasteiger partial charge in [-0.15, -0.1) is 0 Å². The van der Waals surface area contributed by atoms with E-state index >= 15 is 0 Å². The van der Waals surface area contributed by atoms with Crippen LogP contribution in [0.1, 0.15) is 32.6 Å². The van der Waals surface area contributed by atoms with Gasteiger partial charge in [0, 0.05) is 20.2 Å². The van der Waals surface area contributed by atoms with E-state index in [9.17, 15) is 4.79 Å². The molecule has 1 saturated carbocycles. The van der Waals surface area contributed by atoms with E-state index < -0.39 is 0 Å². The fourth-order valence-electron chi connectivity index (χ4n) is 2.37. The molecular weight excluding hydrogens is 244 g/mol. The van der Waals surface area contributed by atoms with Crippen molar-refractivity contribution in [2.24, 2.45) is 5.92 Å². The summed E-state index contributed by atoms with van der Waals surface area (Å²) in [6.45, 7) is 5.11. The molecule has 1 aliphatic rings. The Bertz CT molecular complexity index is 249. The molecule has 0 saturated heterocycles. The van der Waals surface area contributed by atoms with Gasteiger partial charge in [0.2, 0.25) is 5.91 Å². The number of rotatable bonds is 9. The van der Waals surface area contributed by atoms with Crippen LogP contribution < -0.4 is 10.6 Å². The zero-order chi connectivity index (χ0) is 13.9. The van der Waals surface area contributed by atoms with Crippen molar-refractivity contribution in [3.05, 3.63) is 0 Å². The number of methoxy groups -OCH3 is 1. The van der Waals surface area contributed by atoms with Crippen molar-refractivity contribution in [2.45, 2.75) is 38.7 Å². The second-order valence-corrected chi connectivity index (χ2v) is 5.19. The van der Waals surface area contributed by atoms with Gasteiger partial charge < -0.3 is 20.1 Å². The van der Waals surface area contributed by atoms with Crippen LogP contribution in [0.2, 0.25) is 0 Å². The lowest BCUT2D eigenvalue weighted by Gasteiger charge is -2.28. The number of nitrogens with one attached hydrogen (secondary N) is 2. The first-order valence-electron chi connectivity index (χ1n) is 7.32. The summed E-state index contributed by atoms with van der Waals surface area (Å²) in [6, 6.07) is 0. The van der Waals surface area contributed by atoms with E-state index in [1.54, 1.807) is 7.11 Å². The summed E-state index contributed by atoms with van der Waals surface area (Å²) in [7, 11) is 1.64. The molecule has 1 rings (SSSR count). The second-order valence-electron chi connectivity index (χ2n) is 5.19. The van der Waals surface area contributed by atoms with Crippen LogP contribution in [0, 0.1) is 5.92 Å². The highest BCUT2D eigenvalue weighted by Crippen LogP contribution is 2.25. The lowest BCUT2D eigenvalue weighted by molar-refractivity contribution is -0.120. The average Bonchev–Trinajstić information content (AvgIpc) is 2.41. The molecule has 1 fully saturated rings. The van der Waals surface area contributed by atoms with Gasteiger partial charge in [0.1, 0.15) is 0 Å². The van der Waals surface area contributed by atoms with Crippen LogP contribution in [-0.2, 0) is 14.3 Å². The summed E-state index contributed by atoms with van der Waals surface area (Å²) in [5.41, 5.74) is 0. The predicted octanol–water partition coefficient (Wildman–Crippen LogP) is 0.934. The molecule has 0 radical (unpaired) electrons. The van der Waals surface area contributed by atoms with Crippen LogP contribution in [0.15, 0.2) is 0 Å². The summed E-state index contributed by atoms with van der Waals surface area (Å²) >= 11 is 0. The molecule has 0 aromatic carbocycles. The van der Waals surface area contributed by atoms with Crippen molar-refractivity contribution in [1.29, 1.82) is 0 Å². The molecule has 1 aliphatic carbocycles. The molecule has 0 spiro atoms. The Balaban J connectivity index is 1.96. The maximum Gasteiger partial charge on any atom is 0.234 e. The Morgan fingerprint density at radius 1 is 1.21 bits per heavy atom. The fraction of sp³-hybridized carbons (Fsp3) is 0.929. The second kappa shape index (κ2) is 10.2. The predicted molar refractivity (Wildman–Crippen MR) is 75.1 cm³/mol. The van der Waals surface area contributed by atoms with E-state index in [1.807, 2.05) is 0 Å². The van der Waals surface area contributed by atoms with Crippen LogP contribution in [0.4, 0.5) is 0 Å². The summed E-state index contributed by atoms with van der Waals surface area (Å²) < 4.78 is 10.7. The third-order valence-corrected chi connectivity index (χ3v) is 3.56. The van der Waals surface area contributed by atoms with Crippen molar-refractivity contribution >= 4 is 5.91 Å². The van der Waals surface area contributed by atoms with E-state index in [2.05, 4.69) is 17.6 Å². The van der Waals surface area contributed by atoms with Gasteiger partial charge in [-0.1, -0.05) is 19.8 Å².